The number of aldehydes is 1. The molecule has 0 aliphatic heterocycles. The van der Waals surface area contributed by atoms with Gasteiger partial charge in [-0.2, -0.15) is 19.3 Å². The van der Waals surface area contributed by atoms with Gasteiger partial charge in [-0.05, 0) is 63.1 Å². The van der Waals surface area contributed by atoms with Crippen LogP contribution in [-0.2, 0) is 34.9 Å². The van der Waals surface area contributed by atoms with E-state index in [0.29, 0.717) is 6.29 Å². The molecular formula is C58H70LiN3O9S3Si2. The Morgan fingerprint density at radius 1 is 0.526 bits per heavy atom. The van der Waals surface area contributed by atoms with E-state index in [1.54, 1.807) is 48.5 Å². The van der Waals surface area contributed by atoms with Crippen LogP contribution >= 0.6 is 0 Å². The zero-order chi connectivity index (χ0) is 57.9. The molecule has 76 heavy (non-hydrogen) atoms. The quantitative estimate of drug-likeness (QED) is 0.113. The SMILES string of the molecule is C#CCN(CC#C)S(=O)(=O)c1ccc(C)cc1.C#CCN(CC#CC(O)C#C)S(=O)(=O)c1ccc(C)cc1.C#CCN(CC#CC(O)C#C[Si](C)(C)C)S(=O)(=O)c1ccc(C)cc1.C[Si](C)(C)C#CC=O.[CH2-]CCC.[Li+]. The number of terminal acetylenes is 5. The van der Waals surface area contributed by atoms with Gasteiger partial charge in [0.15, 0.2) is 18.5 Å². The number of aryl methyl sites for hydroxylation is 3. The third-order valence-corrected chi connectivity index (χ3v) is 15.8. The van der Waals surface area contributed by atoms with Gasteiger partial charge in [0.1, 0.15) is 16.1 Å². The first-order chi connectivity index (χ1) is 35.0. The van der Waals surface area contributed by atoms with E-state index in [4.69, 9.17) is 37.2 Å². The van der Waals surface area contributed by atoms with Gasteiger partial charge in [-0.25, -0.2) is 25.3 Å². The number of rotatable bonds is 13. The molecule has 398 valence electrons. The van der Waals surface area contributed by atoms with E-state index in [0.717, 1.165) is 36.0 Å². The van der Waals surface area contributed by atoms with Crippen LogP contribution < -0.4 is 18.9 Å². The molecule has 2 N–H and O–H groups in total. The Labute approximate surface area is 472 Å². The van der Waals surface area contributed by atoms with Crippen molar-refractivity contribution in [3.63, 3.8) is 0 Å². The number of aliphatic hydroxyl groups excluding tert-OH is 2. The molecule has 0 bridgehead atoms. The molecule has 0 saturated heterocycles. The standard InChI is InChI=1S/C19H23NO3SSi.C16H15NO3S.C13H13NO2S.C6H10OSi.C4H9.Li/c1-6-14-20(15-7-8-18(21)13-16-25(3,4)5)24(22,23)19-11-9-17(2)10-12-19;1-4-12-17(13-6-7-15(18)5-2)21(19,20)16-10-8-14(3)9-11-16;1-4-10-14(11-5-2)17(15,16)13-8-6-12(3)7-9-13;1-8(2,3)6-4-5-7;1-3-4-2;/h1,9-12,18,21H,14-15H2,2-5H3;1-2,8-11,15,18H,12-13H2,3H3;1-2,6-9H,10-11H2,3H3;5H,1-3H3;1,3-4H2,2H3;/q;;;;-1;+1. The maximum atomic E-state index is 12.6. The van der Waals surface area contributed by atoms with E-state index in [1.807, 2.05) is 26.7 Å². The predicted molar refractivity (Wildman–Crippen MR) is 310 cm³/mol. The maximum Gasteiger partial charge on any atom is 1.00 e. The Balaban J connectivity index is -0.000000952. The Hall–Kier alpha value is -5.95. The molecule has 0 aliphatic rings. The van der Waals surface area contributed by atoms with Crippen molar-refractivity contribution in [2.24, 2.45) is 0 Å². The van der Waals surface area contributed by atoms with E-state index >= 15 is 0 Å². The zero-order valence-corrected chi connectivity index (χ0v) is 50.2. The van der Waals surface area contributed by atoms with Crippen molar-refractivity contribution in [2.45, 2.75) is 107 Å². The number of aliphatic hydroxyl groups is 2. The van der Waals surface area contributed by atoms with Gasteiger partial charge in [0, 0.05) is 0 Å². The Bertz CT molecular complexity index is 3090. The number of sulfonamides is 3. The minimum absolute atomic E-state index is 0. The summed E-state index contributed by atoms with van der Waals surface area (Å²) in [5, 5.41) is 18.9. The molecule has 0 aliphatic carbocycles. The fourth-order valence-electron chi connectivity index (χ4n) is 4.73. The largest absolute Gasteiger partial charge is 1.00 e. The van der Waals surface area contributed by atoms with Crippen molar-refractivity contribution < 1.29 is 59.1 Å². The number of carbonyl (C=O) groups is 1. The fourth-order valence-corrected chi connectivity index (χ4v) is 9.58. The van der Waals surface area contributed by atoms with E-state index in [2.05, 4.69) is 123 Å². The average Bonchev–Trinajstić information content (AvgIpc) is 3.35. The van der Waals surface area contributed by atoms with Crippen molar-refractivity contribution in [3.8, 4) is 108 Å². The molecule has 0 radical (unpaired) electrons. The molecule has 3 aromatic carbocycles. The molecule has 2 unspecified atom stereocenters. The summed E-state index contributed by atoms with van der Waals surface area (Å²) in [6, 6.07) is 19.5. The van der Waals surface area contributed by atoms with Gasteiger partial charge in [-0.1, -0.05) is 165 Å². The molecule has 18 heteroatoms. The van der Waals surface area contributed by atoms with E-state index < -0.39 is 58.4 Å². The van der Waals surface area contributed by atoms with Gasteiger partial charge in [0.25, 0.3) is 0 Å². The molecule has 0 heterocycles. The fraction of sp³-hybridized carbons (Fsp3) is 0.345. The molecule has 0 aromatic heterocycles. The summed E-state index contributed by atoms with van der Waals surface area (Å²) in [5.74, 6) is 26.4. The van der Waals surface area contributed by atoms with Gasteiger partial charge in [-0.3, -0.25) is 4.79 Å². The second-order valence-electron chi connectivity index (χ2n) is 17.7. The average molecular weight is 1110 g/mol. The van der Waals surface area contributed by atoms with Gasteiger partial charge >= 0.3 is 18.9 Å². The first kappa shape index (κ1) is 74.3. The Morgan fingerprint density at radius 2 is 0.803 bits per heavy atom. The predicted octanol–water partition coefficient (Wildman–Crippen LogP) is 3.42. The van der Waals surface area contributed by atoms with Gasteiger partial charge in [-0.15, -0.1) is 43.2 Å². The monoisotopic (exact) mass is 1110 g/mol. The topological polar surface area (TPSA) is 170 Å². The summed E-state index contributed by atoms with van der Waals surface area (Å²) in [6.45, 7) is 23.3. The summed E-state index contributed by atoms with van der Waals surface area (Å²) in [6.07, 6.45) is 26.3. The van der Waals surface area contributed by atoms with E-state index in [1.165, 1.54) is 30.7 Å². The molecule has 3 aromatic rings. The number of benzene rings is 3. The van der Waals surface area contributed by atoms with Crippen LogP contribution in [0.15, 0.2) is 87.5 Å². The first-order valence-corrected chi connectivity index (χ1v) is 34.3. The molecule has 0 fully saturated rings. The summed E-state index contributed by atoms with van der Waals surface area (Å²) in [5.41, 5.74) is 8.82. The second-order valence-corrected chi connectivity index (χ2v) is 33.0. The number of hydrogen-bond donors (Lipinski definition) is 2. The van der Waals surface area contributed by atoms with Gasteiger partial charge in [0.05, 0.1) is 54.0 Å². The zero-order valence-electron chi connectivity index (χ0n) is 45.7. The normalized spacial score (nSPS) is 11.1. The maximum absolute atomic E-state index is 12.6. The van der Waals surface area contributed by atoms with E-state index in [-0.39, 0.29) is 72.8 Å². The number of nitrogens with zero attached hydrogens (tertiary/aromatic N) is 3. The van der Waals surface area contributed by atoms with Crippen LogP contribution in [0.3, 0.4) is 0 Å². The van der Waals surface area contributed by atoms with Crippen molar-refractivity contribution in [1.82, 2.24) is 12.9 Å². The van der Waals surface area contributed by atoms with Crippen LogP contribution in [0.5, 0.6) is 0 Å². The molecule has 12 nitrogen and oxygen atoms in total. The van der Waals surface area contributed by atoms with E-state index in [9.17, 15) is 35.2 Å². The van der Waals surface area contributed by atoms with Crippen LogP contribution in [0.2, 0.25) is 39.3 Å². The summed E-state index contributed by atoms with van der Waals surface area (Å²) in [4.78, 5) is 10.2. The minimum Gasteiger partial charge on any atom is -0.369 e. The Kier molecular flexibility index (Phi) is 37.7. The minimum atomic E-state index is -3.74. The van der Waals surface area contributed by atoms with Gasteiger partial charge < -0.3 is 17.1 Å². The second kappa shape index (κ2) is 38.6. The molecule has 0 amide bonds. The molecule has 0 spiro atoms. The third-order valence-electron chi connectivity index (χ3n) is 8.64. The number of hydrogen-bond acceptors (Lipinski definition) is 9. The Morgan fingerprint density at radius 3 is 1.03 bits per heavy atom. The van der Waals surface area contributed by atoms with Gasteiger partial charge in [0.2, 0.25) is 30.1 Å². The summed E-state index contributed by atoms with van der Waals surface area (Å²) in [7, 11) is -13.9. The van der Waals surface area contributed by atoms with Crippen molar-refractivity contribution in [1.29, 1.82) is 0 Å². The van der Waals surface area contributed by atoms with Crippen LogP contribution in [-0.4, -0.2) is 122 Å². The van der Waals surface area contributed by atoms with Crippen LogP contribution in [0.1, 0.15) is 36.5 Å². The first-order valence-electron chi connectivity index (χ1n) is 23.0. The smallest absolute Gasteiger partial charge is 0.369 e. The summed E-state index contributed by atoms with van der Waals surface area (Å²) < 4.78 is 77.7. The van der Waals surface area contributed by atoms with Crippen LogP contribution in [0, 0.1) is 136 Å². The molecule has 2 atom stereocenters. The van der Waals surface area contributed by atoms with Crippen molar-refractivity contribution in [2.75, 3.05) is 39.3 Å². The number of carbonyl (C=O) groups excluding carboxylic acids is 1. The van der Waals surface area contributed by atoms with Crippen LogP contribution in [0.25, 0.3) is 0 Å². The summed E-state index contributed by atoms with van der Waals surface area (Å²) >= 11 is 0. The third kappa shape index (κ3) is 31.8. The van der Waals surface area contributed by atoms with Crippen molar-refractivity contribution in [3.05, 3.63) is 96.4 Å². The van der Waals surface area contributed by atoms with Crippen LogP contribution in [0.4, 0.5) is 0 Å². The van der Waals surface area contributed by atoms with Crippen molar-refractivity contribution >= 4 is 52.5 Å². The molecule has 0 saturated carbocycles. The molecule has 3 rings (SSSR count). The number of unbranched alkanes of at least 4 members (excludes halogenated alkanes) is 1. The molecular weight excluding hydrogens is 1040 g/mol.